The standard InChI is InChI=1S/C72H48B2N4OS/c1-7-25-49(26-8-1)57-37-19-22-40-62(57)78-64-48-63-60(47-61(64)73-58-38-20-23-41-67(58)79-68-45-55(43-65(78)71(68)73)75(50-27-9-2-10-28-50)51-29-11-3-12-30-51)74-59-39-21-24-42-69(59)80-70-46-56(44-66(72(70)74)77(63)54-35-17-6-18-36-54)76(52-31-13-4-14-32-52)53-33-15-5-16-34-53/h1-48H. The Morgan fingerprint density at radius 1 is 0.300 bits per heavy atom. The molecule has 0 aromatic heterocycles. The molecule has 80 heavy (non-hydrogen) atoms. The zero-order valence-corrected chi connectivity index (χ0v) is 44.3. The normalized spacial score (nSPS) is 12.9. The van der Waals surface area contributed by atoms with Crippen molar-refractivity contribution >= 4 is 126 Å². The van der Waals surface area contributed by atoms with E-state index in [2.05, 4.69) is 311 Å². The van der Waals surface area contributed by atoms with Crippen molar-refractivity contribution in [2.75, 3.05) is 19.6 Å². The van der Waals surface area contributed by atoms with Crippen molar-refractivity contribution in [3.8, 4) is 22.6 Å². The molecule has 8 heteroatoms. The quantitative estimate of drug-likeness (QED) is 0.133. The summed E-state index contributed by atoms with van der Waals surface area (Å²) in [7, 11) is 0. The van der Waals surface area contributed by atoms with E-state index in [0.717, 1.165) is 102 Å². The number of rotatable bonds is 9. The van der Waals surface area contributed by atoms with Gasteiger partial charge in [0, 0.05) is 78.3 Å². The molecule has 4 aliphatic rings. The maximum Gasteiger partial charge on any atom is 0.256 e. The lowest BCUT2D eigenvalue weighted by Gasteiger charge is -2.45. The van der Waals surface area contributed by atoms with Gasteiger partial charge in [0.1, 0.15) is 11.5 Å². The van der Waals surface area contributed by atoms with E-state index in [0.29, 0.717) is 0 Å². The van der Waals surface area contributed by atoms with E-state index in [4.69, 9.17) is 4.74 Å². The zero-order chi connectivity index (χ0) is 52.7. The Hall–Kier alpha value is -9.88. The van der Waals surface area contributed by atoms with Gasteiger partial charge < -0.3 is 24.3 Å². The lowest BCUT2D eigenvalue weighted by atomic mass is 9.31. The highest BCUT2D eigenvalue weighted by atomic mass is 32.2. The van der Waals surface area contributed by atoms with Crippen molar-refractivity contribution < 1.29 is 4.74 Å². The number of para-hydroxylation sites is 7. The molecule has 0 aliphatic carbocycles. The van der Waals surface area contributed by atoms with Gasteiger partial charge in [-0.2, -0.15) is 0 Å². The summed E-state index contributed by atoms with van der Waals surface area (Å²) in [5.41, 5.74) is 22.8. The second-order valence-electron chi connectivity index (χ2n) is 20.8. The van der Waals surface area contributed by atoms with Crippen LogP contribution in [-0.2, 0) is 0 Å². The first-order chi connectivity index (χ1) is 39.7. The fourth-order valence-corrected chi connectivity index (χ4v) is 14.2. The van der Waals surface area contributed by atoms with Crippen LogP contribution >= 0.6 is 11.8 Å². The van der Waals surface area contributed by atoms with Crippen LogP contribution in [0.2, 0.25) is 0 Å². The third-order valence-corrected chi connectivity index (χ3v) is 17.4. The summed E-state index contributed by atoms with van der Waals surface area (Å²) in [6.07, 6.45) is 0. The van der Waals surface area contributed by atoms with Crippen molar-refractivity contribution in [2.24, 2.45) is 0 Å². The van der Waals surface area contributed by atoms with Crippen molar-refractivity contribution in [1.82, 2.24) is 0 Å². The summed E-state index contributed by atoms with van der Waals surface area (Å²) in [6, 6.07) is 106. The minimum absolute atomic E-state index is 0.0673. The van der Waals surface area contributed by atoms with Crippen LogP contribution in [0.3, 0.4) is 0 Å². The molecule has 12 aromatic carbocycles. The number of hydrogen-bond donors (Lipinski definition) is 0. The van der Waals surface area contributed by atoms with Crippen LogP contribution in [0.15, 0.2) is 301 Å². The molecule has 16 rings (SSSR count). The first-order valence-electron chi connectivity index (χ1n) is 27.4. The lowest BCUT2D eigenvalue weighted by Crippen LogP contribution is -2.64. The van der Waals surface area contributed by atoms with E-state index in [9.17, 15) is 0 Å². The van der Waals surface area contributed by atoms with E-state index >= 15 is 0 Å². The second-order valence-corrected chi connectivity index (χ2v) is 21.9. The van der Waals surface area contributed by atoms with Crippen LogP contribution in [0.1, 0.15) is 0 Å². The lowest BCUT2D eigenvalue weighted by molar-refractivity contribution is 0.487. The maximum absolute atomic E-state index is 7.27. The largest absolute Gasteiger partial charge is 0.458 e. The monoisotopic (exact) mass is 1040 g/mol. The molecule has 0 spiro atoms. The molecule has 0 N–H and O–H groups in total. The van der Waals surface area contributed by atoms with Crippen LogP contribution in [0.5, 0.6) is 11.5 Å². The van der Waals surface area contributed by atoms with Gasteiger partial charge in [0.05, 0.1) is 11.4 Å². The molecular formula is C72H48B2N4OS. The Labute approximate surface area is 471 Å². The van der Waals surface area contributed by atoms with Gasteiger partial charge in [-0.05, 0) is 136 Å². The van der Waals surface area contributed by atoms with E-state index in [1.807, 2.05) is 11.8 Å². The average Bonchev–Trinajstić information content (AvgIpc) is 3.68. The zero-order valence-electron chi connectivity index (χ0n) is 43.5. The van der Waals surface area contributed by atoms with Gasteiger partial charge >= 0.3 is 0 Å². The van der Waals surface area contributed by atoms with Crippen molar-refractivity contribution in [3.63, 3.8) is 0 Å². The molecule has 4 aliphatic heterocycles. The maximum atomic E-state index is 7.27. The molecular weight excluding hydrogens is 991 g/mol. The molecule has 4 heterocycles. The minimum Gasteiger partial charge on any atom is -0.458 e. The van der Waals surface area contributed by atoms with E-state index in [-0.39, 0.29) is 13.4 Å². The Morgan fingerprint density at radius 3 is 1.40 bits per heavy atom. The second kappa shape index (κ2) is 18.9. The number of ether oxygens (including phenoxy) is 1. The SMILES string of the molecule is c1ccc(-c2ccccc2N2c3cc4c(cc3B3c5ccccc5Oc5cc(N(c6ccccc6)c6ccccc6)cc2c53)B2c3ccccc3Sc3cc(N(c5ccccc5)c5ccccc5)cc(c32)N4c2ccccc2)cc1. The van der Waals surface area contributed by atoms with Gasteiger partial charge in [-0.1, -0.05) is 199 Å². The van der Waals surface area contributed by atoms with Crippen molar-refractivity contribution in [1.29, 1.82) is 0 Å². The molecule has 0 atom stereocenters. The third kappa shape index (κ3) is 7.44. The topological polar surface area (TPSA) is 22.2 Å². The van der Waals surface area contributed by atoms with Gasteiger partial charge in [-0.3, -0.25) is 0 Å². The van der Waals surface area contributed by atoms with Crippen LogP contribution in [0.4, 0.5) is 68.2 Å². The van der Waals surface area contributed by atoms with Crippen molar-refractivity contribution in [2.45, 2.75) is 9.79 Å². The van der Waals surface area contributed by atoms with Gasteiger partial charge in [-0.15, -0.1) is 0 Å². The van der Waals surface area contributed by atoms with E-state index in [1.165, 1.54) is 31.6 Å². The summed E-state index contributed by atoms with van der Waals surface area (Å²) in [5.74, 6) is 1.71. The molecule has 5 nitrogen and oxygen atoms in total. The van der Waals surface area contributed by atoms with Crippen LogP contribution in [0, 0.1) is 0 Å². The Bertz CT molecular complexity index is 4270. The average molecular weight is 1040 g/mol. The first kappa shape index (κ1) is 46.2. The fraction of sp³-hybridized carbons (Fsp3) is 0. The molecule has 0 radical (unpaired) electrons. The first-order valence-corrected chi connectivity index (χ1v) is 28.2. The van der Waals surface area contributed by atoms with Crippen LogP contribution in [0.25, 0.3) is 11.1 Å². The molecule has 12 aromatic rings. The van der Waals surface area contributed by atoms with Crippen LogP contribution in [-0.4, -0.2) is 13.4 Å². The summed E-state index contributed by atoms with van der Waals surface area (Å²) in [5, 5.41) is 0. The van der Waals surface area contributed by atoms with Gasteiger partial charge in [0.2, 0.25) is 6.71 Å². The molecule has 0 saturated heterocycles. The van der Waals surface area contributed by atoms with Crippen LogP contribution < -0.4 is 57.1 Å². The highest BCUT2D eigenvalue weighted by Crippen LogP contribution is 2.51. The Kier molecular flexibility index (Phi) is 10.9. The number of fused-ring (bicyclic) bond motifs is 8. The molecule has 0 saturated carbocycles. The summed E-state index contributed by atoms with van der Waals surface area (Å²) in [4.78, 5) is 12.4. The van der Waals surface area contributed by atoms with Gasteiger partial charge in [0.15, 0.2) is 0 Å². The summed E-state index contributed by atoms with van der Waals surface area (Å²) < 4.78 is 7.27. The smallest absolute Gasteiger partial charge is 0.256 e. The molecule has 0 bridgehead atoms. The third-order valence-electron chi connectivity index (χ3n) is 16.3. The molecule has 374 valence electrons. The number of anilines is 12. The summed E-state index contributed by atoms with van der Waals surface area (Å²) >= 11 is 1.89. The number of benzene rings is 12. The van der Waals surface area contributed by atoms with E-state index < -0.39 is 0 Å². The van der Waals surface area contributed by atoms with Gasteiger partial charge in [0.25, 0.3) is 6.71 Å². The Balaban J connectivity index is 1.02. The number of nitrogens with zero attached hydrogens (tertiary/aromatic N) is 4. The predicted octanol–water partition coefficient (Wildman–Crippen LogP) is 15.5. The highest BCUT2D eigenvalue weighted by molar-refractivity contribution is 8.00. The Morgan fingerprint density at radius 2 is 0.775 bits per heavy atom. The fourth-order valence-electron chi connectivity index (χ4n) is 13.0. The van der Waals surface area contributed by atoms with Crippen molar-refractivity contribution in [3.05, 3.63) is 291 Å². The highest BCUT2D eigenvalue weighted by Gasteiger charge is 2.47. The minimum atomic E-state index is -0.159. The number of hydrogen-bond acceptors (Lipinski definition) is 6. The van der Waals surface area contributed by atoms with Gasteiger partial charge in [-0.25, -0.2) is 0 Å². The predicted molar refractivity (Wildman–Crippen MR) is 337 cm³/mol. The molecule has 0 amide bonds. The molecule has 0 fully saturated rings. The summed E-state index contributed by atoms with van der Waals surface area (Å²) in [6.45, 7) is -0.226. The molecule has 0 unspecified atom stereocenters. The van der Waals surface area contributed by atoms with E-state index in [1.54, 1.807) is 0 Å².